The molecule has 0 bridgehead atoms. The van der Waals surface area contributed by atoms with E-state index >= 15 is 0 Å². The van der Waals surface area contributed by atoms with Gasteiger partial charge in [-0.25, -0.2) is 18.4 Å². The summed E-state index contributed by atoms with van der Waals surface area (Å²) in [5.41, 5.74) is 1.17. The lowest BCUT2D eigenvalue weighted by Crippen LogP contribution is -2.47. The van der Waals surface area contributed by atoms with Crippen LogP contribution >= 0.6 is 11.6 Å². The standard InChI is InChI=1S/C34H37ClF2N10O2/c1-33(2,3)17-34(22-9-6-19(7-10-22)25-15-41-47(44-25)23-11-12-23)31(49)45(32(38)43-34)27(16-39-30(48)20-4-5-20)21-8-13-24(35)26(14-21)46-29(28(36)37)40-18-42-46/h6-10,13-15,18,20,23,27-28H,4-5,11-12,16-17H2,1-3H3,(H2,38,43)(H,39,48)/t27-,34-/m1/s1. The van der Waals surface area contributed by atoms with Crippen molar-refractivity contribution in [3.63, 3.8) is 0 Å². The lowest BCUT2D eigenvalue weighted by Gasteiger charge is -2.35. The molecule has 2 amide bonds. The molecule has 3 N–H and O–H groups in total. The van der Waals surface area contributed by atoms with Crippen LogP contribution in [0.15, 0.2) is 55.0 Å². The number of hydrogen-bond acceptors (Lipinski definition) is 7. The number of amides is 2. The Bertz CT molecular complexity index is 1910. The molecular formula is C34H37ClF2N10O2. The summed E-state index contributed by atoms with van der Waals surface area (Å²) < 4.78 is 28.6. The SMILES string of the molecule is CC(C)(C)C[C@]1(c2ccc(-c3cnn(C4CC4)n3)cc2)NC(=N)N([C@H](CNC(=O)C2CC2)c2ccc(Cl)c(-n3ncnc3C(F)F)c2)C1=O. The topological polar surface area (TPSA) is 147 Å². The van der Waals surface area contributed by atoms with E-state index in [1.807, 2.05) is 45.0 Å². The first-order chi connectivity index (χ1) is 23.3. The maximum atomic E-state index is 14.9. The fourth-order valence-corrected chi connectivity index (χ4v) is 6.68. The summed E-state index contributed by atoms with van der Waals surface area (Å²) in [6, 6.07) is 11.7. The highest BCUT2D eigenvalue weighted by atomic mass is 35.5. The molecule has 3 heterocycles. The lowest BCUT2D eigenvalue weighted by molar-refractivity contribution is -0.134. The minimum atomic E-state index is -2.91. The Morgan fingerprint density at radius 3 is 2.51 bits per heavy atom. The Kier molecular flexibility index (Phi) is 8.24. The summed E-state index contributed by atoms with van der Waals surface area (Å²) in [5.74, 6) is -1.36. The molecule has 0 spiro atoms. The molecule has 3 aliphatic rings. The molecule has 2 aromatic carbocycles. The van der Waals surface area contributed by atoms with E-state index < -0.39 is 23.8 Å². The van der Waals surface area contributed by atoms with Gasteiger partial charge >= 0.3 is 0 Å². The second-order valence-corrected chi connectivity index (χ2v) is 14.6. The summed E-state index contributed by atoms with van der Waals surface area (Å²) >= 11 is 6.49. The molecule has 4 aromatic rings. The van der Waals surface area contributed by atoms with Crippen LogP contribution in [-0.2, 0) is 15.1 Å². The van der Waals surface area contributed by atoms with Gasteiger partial charge in [0.15, 0.2) is 11.8 Å². The normalized spacial score (nSPS) is 20.2. The maximum Gasteiger partial charge on any atom is 0.297 e. The number of alkyl halides is 2. The number of halogens is 3. The molecule has 49 heavy (non-hydrogen) atoms. The van der Waals surface area contributed by atoms with E-state index in [9.17, 15) is 23.8 Å². The number of aromatic nitrogens is 6. The summed E-state index contributed by atoms with van der Waals surface area (Å²) in [7, 11) is 0. The van der Waals surface area contributed by atoms with Crippen LogP contribution in [0, 0.1) is 16.7 Å². The predicted molar refractivity (Wildman–Crippen MR) is 177 cm³/mol. The number of nitrogens with zero attached hydrogens (tertiary/aromatic N) is 7. The van der Waals surface area contributed by atoms with Crippen LogP contribution in [0.3, 0.4) is 0 Å². The van der Waals surface area contributed by atoms with Gasteiger partial charge in [0.05, 0.1) is 29.0 Å². The van der Waals surface area contributed by atoms with E-state index in [1.165, 1.54) is 11.0 Å². The molecule has 2 atom stereocenters. The third-order valence-corrected chi connectivity index (χ3v) is 9.41. The van der Waals surface area contributed by atoms with E-state index in [4.69, 9.17) is 11.6 Å². The Morgan fingerprint density at radius 2 is 1.86 bits per heavy atom. The fourth-order valence-electron chi connectivity index (χ4n) is 6.48. The van der Waals surface area contributed by atoms with Gasteiger partial charge in [-0.05, 0) is 60.8 Å². The molecule has 2 aromatic heterocycles. The number of hydrogen-bond donors (Lipinski definition) is 3. The van der Waals surface area contributed by atoms with Crippen LogP contribution in [0.25, 0.3) is 16.9 Å². The zero-order valence-electron chi connectivity index (χ0n) is 27.3. The minimum Gasteiger partial charge on any atom is -0.353 e. The van der Waals surface area contributed by atoms with Crippen LogP contribution in [0.1, 0.15) is 88.3 Å². The van der Waals surface area contributed by atoms with E-state index in [-0.39, 0.29) is 46.4 Å². The molecule has 1 aliphatic heterocycles. The molecule has 3 fully saturated rings. The number of rotatable bonds is 11. The largest absolute Gasteiger partial charge is 0.353 e. The highest BCUT2D eigenvalue weighted by Crippen LogP contribution is 2.43. The van der Waals surface area contributed by atoms with Crippen molar-refractivity contribution in [3.05, 3.63) is 77.0 Å². The van der Waals surface area contributed by atoms with E-state index in [2.05, 4.69) is 30.9 Å². The number of carbonyl (C=O) groups is 2. The van der Waals surface area contributed by atoms with Gasteiger partial charge in [-0.2, -0.15) is 20.1 Å². The molecule has 12 nitrogen and oxygen atoms in total. The van der Waals surface area contributed by atoms with Crippen molar-refractivity contribution in [1.82, 2.24) is 45.3 Å². The highest BCUT2D eigenvalue weighted by molar-refractivity contribution is 6.32. The average Bonchev–Trinajstić information content (AvgIpc) is 3.97. The molecule has 0 unspecified atom stereocenters. The van der Waals surface area contributed by atoms with Crippen molar-refractivity contribution in [2.24, 2.45) is 11.3 Å². The van der Waals surface area contributed by atoms with Gasteiger partial charge in [-0.15, -0.1) is 0 Å². The maximum absolute atomic E-state index is 14.9. The van der Waals surface area contributed by atoms with Crippen LogP contribution < -0.4 is 10.6 Å². The van der Waals surface area contributed by atoms with Gasteiger partial charge in [0.1, 0.15) is 17.6 Å². The zero-order valence-corrected chi connectivity index (χ0v) is 28.1. The smallest absolute Gasteiger partial charge is 0.297 e. The van der Waals surface area contributed by atoms with Crippen LogP contribution in [0.2, 0.25) is 5.02 Å². The Morgan fingerprint density at radius 1 is 1.12 bits per heavy atom. The first kappa shape index (κ1) is 32.8. The van der Waals surface area contributed by atoms with Gasteiger partial charge in [-0.1, -0.05) is 62.7 Å². The first-order valence-corrected chi connectivity index (χ1v) is 16.7. The summed E-state index contributed by atoms with van der Waals surface area (Å²) in [5, 5.41) is 28.5. The van der Waals surface area contributed by atoms with Crippen molar-refractivity contribution in [2.75, 3.05) is 6.54 Å². The van der Waals surface area contributed by atoms with Gasteiger partial charge in [0.25, 0.3) is 12.3 Å². The van der Waals surface area contributed by atoms with Crippen LogP contribution in [0.4, 0.5) is 8.78 Å². The van der Waals surface area contributed by atoms with E-state index in [0.29, 0.717) is 23.6 Å². The Hall–Kier alpha value is -4.72. The molecule has 2 saturated carbocycles. The lowest BCUT2D eigenvalue weighted by atomic mass is 9.75. The van der Waals surface area contributed by atoms with Crippen molar-refractivity contribution in [3.8, 4) is 16.9 Å². The molecule has 2 aliphatic carbocycles. The van der Waals surface area contributed by atoms with Gasteiger partial charge in [0.2, 0.25) is 5.91 Å². The van der Waals surface area contributed by atoms with Crippen molar-refractivity contribution in [1.29, 1.82) is 5.41 Å². The van der Waals surface area contributed by atoms with Crippen LogP contribution in [-0.4, -0.2) is 59.0 Å². The molecule has 7 rings (SSSR count). The number of nitrogens with one attached hydrogen (secondary N) is 3. The average molecular weight is 691 g/mol. The predicted octanol–water partition coefficient (Wildman–Crippen LogP) is 5.72. The molecular weight excluding hydrogens is 654 g/mol. The van der Waals surface area contributed by atoms with Crippen molar-refractivity contribution < 1.29 is 18.4 Å². The second kappa shape index (κ2) is 12.3. The first-order valence-electron chi connectivity index (χ1n) is 16.3. The Labute approximate surface area is 286 Å². The molecule has 1 saturated heterocycles. The number of benzene rings is 2. The van der Waals surface area contributed by atoms with E-state index in [0.717, 1.165) is 47.9 Å². The van der Waals surface area contributed by atoms with Gasteiger partial charge in [-0.3, -0.25) is 19.9 Å². The number of carbonyl (C=O) groups excluding carboxylic acids is 2. The second-order valence-electron chi connectivity index (χ2n) is 14.2. The summed E-state index contributed by atoms with van der Waals surface area (Å²) in [6.45, 7) is 6.06. The quantitative estimate of drug-likeness (QED) is 0.183. The van der Waals surface area contributed by atoms with E-state index in [1.54, 1.807) is 23.1 Å². The molecule has 256 valence electrons. The van der Waals surface area contributed by atoms with Crippen LogP contribution in [0.5, 0.6) is 0 Å². The summed E-state index contributed by atoms with van der Waals surface area (Å²) in [4.78, 5) is 34.5. The molecule has 0 radical (unpaired) electrons. The third kappa shape index (κ3) is 6.41. The highest BCUT2D eigenvalue weighted by Gasteiger charge is 2.54. The Balaban J connectivity index is 1.27. The fraction of sp³-hybridized carbons (Fsp3) is 0.441. The van der Waals surface area contributed by atoms with Gasteiger partial charge < -0.3 is 10.6 Å². The van der Waals surface area contributed by atoms with Crippen molar-refractivity contribution in [2.45, 2.75) is 76.9 Å². The van der Waals surface area contributed by atoms with Gasteiger partial charge in [0, 0.05) is 18.0 Å². The summed E-state index contributed by atoms with van der Waals surface area (Å²) in [6.07, 6.45) is 3.89. The molecule has 15 heteroatoms. The third-order valence-electron chi connectivity index (χ3n) is 9.09. The number of guanidine groups is 1. The van der Waals surface area contributed by atoms with Crippen molar-refractivity contribution >= 4 is 29.4 Å². The minimum absolute atomic E-state index is 0.0214. The monoisotopic (exact) mass is 690 g/mol. The zero-order chi connectivity index (χ0) is 34.7.